The van der Waals surface area contributed by atoms with Crippen LogP contribution in [0.1, 0.15) is 34.8 Å². The molecule has 1 saturated heterocycles. The molecule has 158 valence electrons. The lowest BCUT2D eigenvalue weighted by molar-refractivity contribution is 0.102. The Bertz CT molecular complexity index is 1260. The number of ether oxygens (including phenoxy) is 1. The van der Waals surface area contributed by atoms with E-state index in [-0.39, 0.29) is 12.0 Å². The van der Waals surface area contributed by atoms with Crippen LogP contribution in [0.3, 0.4) is 0 Å². The van der Waals surface area contributed by atoms with Crippen LogP contribution in [0, 0.1) is 6.92 Å². The minimum atomic E-state index is -0.276. The predicted molar refractivity (Wildman–Crippen MR) is 115 cm³/mol. The lowest BCUT2D eigenvalue weighted by atomic mass is 10.1. The van der Waals surface area contributed by atoms with Crippen LogP contribution in [0.15, 0.2) is 47.2 Å². The number of hydrogen-bond acceptors (Lipinski definition) is 6. The number of aromatic nitrogens is 4. The number of halogens is 1. The molecule has 5 rings (SSSR count). The van der Waals surface area contributed by atoms with E-state index in [1.807, 2.05) is 25.1 Å². The molecule has 31 heavy (non-hydrogen) atoms. The Morgan fingerprint density at radius 1 is 1.32 bits per heavy atom. The van der Waals surface area contributed by atoms with Crippen LogP contribution in [0.5, 0.6) is 0 Å². The van der Waals surface area contributed by atoms with Gasteiger partial charge in [0.25, 0.3) is 5.91 Å². The van der Waals surface area contributed by atoms with E-state index in [9.17, 15) is 4.79 Å². The summed E-state index contributed by atoms with van der Waals surface area (Å²) in [6.07, 6.45) is 6.07. The first-order valence-corrected chi connectivity index (χ1v) is 10.4. The van der Waals surface area contributed by atoms with Crippen molar-refractivity contribution in [2.45, 2.75) is 32.3 Å². The molecule has 9 heteroatoms. The number of nitrogens with one attached hydrogen (secondary N) is 1. The summed E-state index contributed by atoms with van der Waals surface area (Å²) in [5.74, 6) is 0.757. The van der Waals surface area contributed by atoms with Gasteiger partial charge < -0.3 is 14.6 Å². The third-order valence-corrected chi connectivity index (χ3v) is 5.58. The van der Waals surface area contributed by atoms with E-state index in [0.717, 1.165) is 30.6 Å². The number of rotatable bonds is 5. The zero-order valence-corrected chi connectivity index (χ0v) is 17.6. The number of imidazole rings is 1. The molecule has 0 saturated carbocycles. The van der Waals surface area contributed by atoms with Crippen molar-refractivity contribution in [3.8, 4) is 11.4 Å². The van der Waals surface area contributed by atoms with E-state index >= 15 is 0 Å². The average Bonchev–Trinajstić information content (AvgIpc) is 3.51. The van der Waals surface area contributed by atoms with Crippen molar-refractivity contribution in [3.63, 3.8) is 0 Å². The van der Waals surface area contributed by atoms with Gasteiger partial charge in [-0.25, -0.2) is 4.98 Å². The number of pyridine rings is 1. The van der Waals surface area contributed by atoms with Gasteiger partial charge in [0, 0.05) is 35.1 Å². The van der Waals surface area contributed by atoms with Gasteiger partial charge in [0.1, 0.15) is 11.3 Å². The van der Waals surface area contributed by atoms with Gasteiger partial charge in [-0.2, -0.15) is 4.98 Å². The second-order valence-electron chi connectivity index (χ2n) is 7.55. The molecular formula is C22H20ClN5O3. The summed E-state index contributed by atoms with van der Waals surface area (Å²) in [6.45, 7) is 2.71. The summed E-state index contributed by atoms with van der Waals surface area (Å²) in [5.41, 5.74) is 3.35. The largest absolute Gasteiger partial charge is 0.378 e. The van der Waals surface area contributed by atoms with Gasteiger partial charge in [-0.05, 0) is 37.5 Å². The normalized spacial score (nSPS) is 16.1. The topological polar surface area (TPSA) is 94.5 Å². The average molecular weight is 438 g/mol. The molecule has 1 amide bonds. The maximum atomic E-state index is 12.9. The number of nitrogens with zero attached hydrogens (tertiary/aromatic N) is 4. The van der Waals surface area contributed by atoms with Crippen LogP contribution in [0.4, 0.5) is 5.69 Å². The highest BCUT2D eigenvalue weighted by Gasteiger charge is 2.20. The van der Waals surface area contributed by atoms with Crippen LogP contribution >= 0.6 is 11.6 Å². The summed E-state index contributed by atoms with van der Waals surface area (Å²) in [5, 5.41) is 7.62. The lowest BCUT2D eigenvalue weighted by Crippen LogP contribution is -2.15. The van der Waals surface area contributed by atoms with Gasteiger partial charge in [-0.1, -0.05) is 28.9 Å². The highest BCUT2D eigenvalue weighted by Crippen LogP contribution is 2.25. The molecule has 1 N–H and O–H groups in total. The molecule has 4 aromatic rings. The van der Waals surface area contributed by atoms with Crippen molar-refractivity contribution >= 4 is 28.8 Å². The standard InChI is InChI=1S/C22H20ClN5O3/c1-13-4-5-14(21-26-20(31-27-21)11-16-3-2-8-30-16)9-17(13)25-22(29)18-12-24-19-10-15(23)6-7-28(18)19/h4-7,9-10,12,16H,2-3,8,11H2,1H3,(H,25,29). The second-order valence-corrected chi connectivity index (χ2v) is 7.99. The number of anilines is 1. The van der Waals surface area contributed by atoms with Crippen LogP contribution in [0.2, 0.25) is 5.02 Å². The van der Waals surface area contributed by atoms with Crippen LogP contribution in [-0.2, 0) is 11.2 Å². The first-order valence-electron chi connectivity index (χ1n) is 10.1. The Morgan fingerprint density at radius 2 is 2.23 bits per heavy atom. The Kier molecular flexibility index (Phi) is 5.17. The summed E-state index contributed by atoms with van der Waals surface area (Å²) in [6, 6.07) is 9.07. The van der Waals surface area contributed by atoms with Gasteiger partial charge >= 0.3 is 0 Å². The van der Waals surface area contributed by atoms with Gasteiger partial charge in [0.15, 0.2) is 0 Å². The third-order valence-electron chi connectivity index (χ3n) is 5.35. The maximum absolute atomic E-state index is 12.9. The lowest BCUT2D eigenvalue weighted by Gasteiger charge is -2.09. The molecule has 1 aliphatic rings. The number of amides is 1. The minimum absolute atomic E-state index is 0.140. The Hall–Kier alpha value is -3.23. The Balaban J connectivity index is 1.37. The molecule has 8 nitrogen and oxygen atoms in total. The maximum Gasteiger partial charge on any atom is 0.274 e. The van der Waals surface area contributed by atoms with Crippen molar-refractivity contribution in [1.29, 1.82) is 0 Å². The number of benzene rings is 1. The SMILES string of the molecule is Cc1ccc(-c2noc(CC3CCCO3)n2)cc1NC(=O)c1cnc2cc(Cl)ccn12. The van der Waals surface area contributed by atoms with Crippen LogP contribution < -0.4 is 5.32 Å². The van der Waals surface area contributed by atoms with E-state index in [4.69, 9.17) is 20.9 Å². The van der Waals surface area contributed by atoms with Crippen molar-refractivity contribution in [3.05, 3.63) is 64.9 Å². The van der Waals surface area contributed by atoms with E-state index in [1.54, 1.807) is 22.7 Å². The van der Waals surface area contributed by atoms with Crippen LogP contribution in [0.25, 0.3) is 17.0 Å². The monoisotopic (exact) mass is 437 g/mol. The van der Waals surface area contributed by atoms with Gasteiger partial charge in [-0.15, -0.1) is 0 Å². The Morgan fingerprint density at radius 3 is 3.06 bits per heavy atom. The van der Waals surface area contributed by atoms with Gasteiger partial charge in [0.2, 0.25) is 11.7 Å². The summed E-state index contributed by atoms with van der Waals surface area (Å²) in [7, 11) is 0. The summed E-state index contributed by atoms with van der Waals surface area (Å²) < 4.78 is 12.7. The van der Waals surface area contributed by atoms with Gasteiger partial charge in [0.05, 0.1) is 18.7 Å². The summed E-state index contributed by atoms with van der Waals surface area (Å²) >= 11 is 6.00. The zero-order valence-electron chi connectivity index (χ0n) is 16.8. The molecule has 0 spiro atoms. The molecule has 1 aliphatic heterocycles. The fraction of sp³-hybridized carbons (Fsp3) is 0.273. The molecule has 1 unspecified atom stereocenters. The first kappa shape index (κ1) is 19.7. The molecular weight excluding hydrogens is 418 g/mol. The molecule has 1 aromatic carbocycles. The zero-order chi connectivity index (χ0) is 21.4. The van der Waals surface area contributed by atoms with Crippen molar-refractivity contribution in [2.24, 2.45) is 0 Å². The van der Waals surface area contributed by atoms with Crippen LogP contribution in [-0.4, -0.2) is 38.1 Å². The fourth-order valence-corrected chi connectivity index (χ4v) is 3.81. The predicted octanol–water partition coefficient (Wildman–Crippen LogP) is 4.32. The molecule has 3 aromatic heterocycles. The van der Waals surface area contributed by atoms with E-state index < -0.39 is 0 Å². The number of hydrogen-bond donors (Lipinski definition) is 1. The Labute approximate surface area is 183 Å². The first-order chi connectivity index (χ1) is 15.1. The second kappa shape index (κ2) is 8.13. The fourth-order valence-electron chi connectivity index (χ4n) is 3.66. The highest BCUT2D eigenvalue weighted by atomic mass is 35.5. The van der Waals surface area contributed by atoms with Gasteiger partial charge in [-0.3, -0.25) is 9.20 Å². The van der Waals surface area contributed by atoms with Crippen molar-refractivity contribution in [2.75, 3.05) is 11.9 Å². The molecule has 1 atom stereocenters. The van der Waals surface area contributed by atoms with E-state index in [1.165, 1.54) is 6.20 Å². The number of carbonyl (C=O) groups is 1. The molecule has 1 fully saturated rings. The molecule has 0 radical (unpaired) electrons. The molecule has 0 aliphatic carbocycles. The number of fused-ring (bicyclic) bond motifs is 1. The quantitative estimate of drug-likeness (QED) is 0.499. The van der Waals surface area contributed by atoms with E-state index in [2.05, 4.69) is 20.4 Å². The third kappa shape index (κ3) is 4.04. The molecule has 0 bridgehead atoms. The minimum Gasteiger partial charge on any atom is -0.378 e. The van der Waals surface area contributed by atoms with E-state index in [0.29, 0.717) is 40.2 Å². The van der Waals surface area contributed by atoms with Crippen molar-refractivity contribution < 1.29 is 14.1 Å². The van der Waals surface area contributed by atoms with Crippen molar-refractivity contribution in [1.82, 2.24) is 19.5 Å². The summed E-state index contributed by atoms with van der Waals surface area (Å²) in [4.78, 5) is 21.6. The highest BCUT2D eigenvalue weighted by molar-refractivity contribution is 6.30. The molecule has 4 heterocycles. The number of carbonyl (C=O) groups excluding carboxylic acids is 1. The number of aryl methyl sites for hydroxylation is 1. The smallest absolute Gasteiger partial charge is 0.274 e.